The Kier molecular flexibility index (Phi) is 19.6. The molecule has 5 aromatic heterocycles. The minimum atomic E-state index is 0.561. The first-order valence-electron chi connectivity index (χ1n) is 46.9. The Morgan fingerprint density at radius 1 is 0.171 bits per heavy atom. The minimum Gasteiger partial charge on any atom is -0.306 e. The van der Waals surface area contributed by atoms with Gasteiger partial charge >= 0.3 is 0 Å². The first-order chi connectivity index (χ1) is 69.5. The number of thiophene rings is 2. The van der Waals surface area contributed by atoms with Crippen molar-refractivity contribution in [3.8, 4) is 45.6 Å². The molecule has 0 N–H and O–H groups in total. The van der Waals surface area contributed by atoms with Crippen LogP contribution in [0, 0.1) is 0 Å². The van der Waals surface area contributed by atoms with Gasteiger partial charge in [-0.25, -0.2) is 9.97 Å². The highest BCUT2D eigenvalue weighted by atomic mass is 32.1. The lowest BCUT2D eigenvalue weighted by Crippen LogP contribution is -2.26. The number of benzene rings is 21. The van der Waals surface area contributed by atoms with Crippen molar-refractivity contribution in [2.75, 3.05) is 29.4 Å². The van der Waals surface area contributed by atoms with Crippen LogP contribution in [-0.2, 0) is 0 Å². The highest BCUT2D eigenvalue weighted by Gasteiger charge is 2.40. The molecule has 3 aliphatic rings. The molecule has 0 unspecified atom stereocenters. The highest BCUT2D eigenvalue weighted by Crippen LogP contribution is 2.64. The maximum absolute atomic E-state index is 5.30. The Bertz CT molecular complexity index is 9150. The predicted octanol–water partition coefficient (Wildman–Crippen LogP) is 34.9. The molecule has 0 radical (unpaired) electrons. The molecular formula is C125H79N13S2. The van der Waals surface area contributed by atoms with Gasteiger partial charge in [0, 0.05) is 108 Å². The molecule has 656 valence electrons. The Balaban J connectivity index is 0.000000108. The molecule has 13 nitrogen and oxygen atoms in total. The van der Waals surface area contributed by atoms with Crippen molar-refractivity contribution >= 4 is 231 Å². The lowest BCUT2D eigenvalue weighted by atomic mass is 9.97. The average molecular weight is 1830 g/mol. The van der Waals surface area contributed by atoms with Gasteiger partial charge in [-0.1, -0.05) is 370 Å². The summed E-state index contributed by atoms with van der Waals surface area (Å²) in [5, 5.41) is 19.0. The van der Waals surface area contributed by atoms with E-state index in [0.29, 0.717) is 35.2 Å². The van der Waals surface area contributed by atoms with E-state index in [-0.39, 0.29) is 0 Å². The molecule has 8 heterocycles. The van der Waals surface area contributed by atoms with E-state index >= 15 is 0 Å². The maximum Gasteiger partial charge on any atom is 0.238 e. The molecule has 29 rings (SSSR count). The third-order valence-electron chi connectivity index (χ3n) is 27.0. The second-order valence-electron chi connectivity index (χ2n) is 35.0. The van der Waals surface area contributed by atoms with E-state index in [9.17, 15) is 0 Å². The van der Waals surface area contributed by atoms with Crippen LogP contribution in [-0.4, -0.2) is 34.9 Å². The van der Waals surface area contributed by atoms with Crippen LogP contribution in [0.5, 0.6) is 0 Å². The second-order valence-corrected chi connectivity index (χ2v) is 37.2. The number of pyridine rings is 1. The van der Waals surface area contributed by atoms with Crippen LogP contribution >= 0.6 is 22.7 Å². The fourth-order valence-electron chi connectivity index (χ4n) is 20.8. The summed E-state index contributed by atoms with van der Waals surface area (Å²) in [6.07, 6.45) is 3.78. The molecule has 0 aliphatic carbocycles. The summed E-state index contributed by atoms with van der Waals surface area (Å²) in [7, 11) is 0. The van der Waals surface area contributed by atoms with Crippen molar-refractivity contribution in [3.63, 3.8) is 0 Å². The quantitative estimate of drug-likeness (QED) is 0.130. The van der Waals surface area contributed by atoms with Crippen molar-refractivity contribution in [1.82, 2.24) is 34.9 Å². The van der Waals surface area contributed by atoms with Crippen molar-refractivity contribution in [2.24, 2.45) is 0 Å². The molecule has 140 heavy (non-hydrogen) atoms. The molecule has 21 aromatic carbocycles. The SMILES string of the molecule is c1ccc(-c2nc(-c3ccccc3)nc(N3c4ccc5ccccc5c4N(c4ccc5sc6ccccc6c5c4)c4ccc5ccccc5c43)n2)cc1.c1ccc(-c2nc(-c3ccccc3)nc(N3c4ccc5ccccc5c4N(c4cccc5c4sc4ccccc45)c4ccc5ccccc5c43)n2)cc1.c1ccc(N2c3ccc4ccccc4c3N(c3cccnc3)c3ccc4ccccc4c32)cc1. The van der Waals surface area contributed by atoms with Crippen molar-refractivity contribution in [1.29, 1.82) is 0 Å². The van der Waals surface area contributed by atoms with Crippen LogP contribution in [0.15, 0.2) is 480 Å². The second kappa shape index (κ2) is 33.9. The van der Waals surface area contributed by atoms with E-state index in [0.717, 1.165) is 151 Å². The largest absolute Gasteiger partial charge is 0.306 e. The van der Waals surface area contributed by atoms with Crippen LogP contribution < -0.4 is 29.4 Å². The number of anilines is 18. The van der Waals surface area contributed by atoms with Crippen LogP contribution in [0.25, 0.3) is 151 Å². The Morgan fingerprint density at radius 2 is 0.464 bits per heavy atom. The molecule has 15 heteroatoms. The normalized spacial score (nSPS) is 12.5. The molecular weight excluding hydrogens is 1750 g/mol. The fourth-order valence-corrected chi connectivity index (χ4v) is 23.1. The number of hydrogen-bond acceptors (Lipinski definition) is 15. The highest BCUT2D eigenvalue weighted by molar-refractivity contribution is 7.26. The monoisotopic (exact) mass is 1830 g/mol. The van der Waals surface area contributed by atoms with Gasteiger partial charge in [0.1, 0.15) is 0 Å². The number of hydrogen-bond donors (Lipinski definition) is 0. The van der Waals surface area contributed by atoms with Crippen molar-refractivity contribution < 1.29 is 0 Å². The molecule has 0 amide bonds. The van der Waals surface area contributed by atoms with E-state index in [1.807, 2.05) is 114 Å². The van der Waals surface area contributed by atoms with Crippen LogP contribution in [0.3, 0.4) is 0 Å². The number of fused-ring (bicyclic) bond motifs is 24. The summed E-state index contributed by atoms with van der Waals surface area (Å²) in [4.78, 5) is 50.0. The topological polar surface area (TPSA) is 110 Å². The van der Waals surface area contributed by atoms with Gasteiger partial charge in [-0.05, 0) is 129 Å². The third kappa shape index (κ3) is 13.7. The maximum atomic E-state index is 5.30. The Morgan fingerprint density at radius 3 is 0.857 bits per heavy atom. The number of para-hydroxylation sites is 1. The van der Waals surface area contributed by atoms with Gasteiger partial charge in [-0.3, -0.25) is 14.8 Å². The fraction of sp³-hybridized carbons (Fsp3) is 0. The third-order valence-corrected chi connectivity index (χ3v) is 29.4. The smallest absolute Gasteiger partial charge is 0.238 e. The zero-order valence-corrected chi connectivity index (χ0v) is 76.9. The summed E-state index contributed by atoms with van der Waals surface area (Å²) in [6, 6.07) is 165. The average Bonchev–Trinajstić information content (AvgIpc) is 1.13. The van der Waals surface area contributed by atoms with Crippen molar-refractivity contribution in [2.45, 2.75) is 0 Å². The lowest BCUT2D eigenvalue weighted by Gasteiger charge is -2.41. The minimum absolute atomic E-state index is 0.561. The van der Waals surface area contributed by atoms with Gasteiger partial charge in [0.2, 0.25) is 11.9 Å². The molecule has 0 spiro atoms. The molecule has 0 fully saturated rings. The summed E-state index contributed by atoms with van der Waals surface area (Å²) in [6.45, 7) is 0. The van der Waals surface area contributed by atoms with E-state index in [2.05, 4.69) is 423 Å². The zero-order chi connectivity index (χ0) is 92.2. The van der Waals surface area contributed by atoms with Gasteiger partial charge in [0.05, 0.1) is 90.5 Å². The molecule has 0 atom stereocenters. The Labute approximate surface area is 813 Å². The first kappa shape index (κ1) is 81.2. The summed E-state index contributed by atoms with van der Waals surface area (Å²) < 4.78 is 5.09. The van der Waals surface area contributed by atoms with Crippen LogP contribution in [0.4, 0.5) is 103 Å². The first-order valence-corrected chi connectivity index (χ1v) is 48.5. The Hall–Kier alpha value is -18.4. The molecule has 3 aliphatic heterocycles. The van der Waals surface area contributed by atoms with Gasteiger partial charge < -0.3 is 19.6 Å². The number of nitrogens with zero attached hydrogens (tertiary/aromatic N) is 13. The standard InChI is InChI=1S/2C47H29N5S.C31H21N3/c1-3-16-32(17-4-1)45-48-46(33-18-5-2-6-19-33)50-47(49-45)52-39-29-27-30-14-7-9-20-34(30)42(39)51(38-28-26-31-15-8-10-21-35(31)43(38)52)40-24-13-23-37-36-22-11-12-25-41(36)53-44(37)40;1-3-15-32(16-4-1)45-48-46(33-17-5-2-6-18-33)50-47(49-45)52-40-27-24-30-13-7-9-19-35(30)43(40)51(39-26-23-31-14-8-10-20-36(31)44(39)52)34-25-28-42-38(29-34)37-21-11-12-22-41(37)53-42;1-2-11-24(12-3-1)33-28-18-16-23-10-5-7-15-27(23)31(28)34(25-13-8-20-32-21-25)29-19-17-22-9-4-6-14-26(22)30(29)33/h2*1-29H;1-21H. The van der Waals surface area contributed by atoms with Crippen LogP contribution in [0.1, 0.15) is 0 Å². The van der Waals surface area contributed by atoms with Gasteiger partial charge in [0.15, 0.2) is 23.3 Å². The summed E-state index contributed by atoms with van der Waals surface area (Å²) >= 11 is 3.69. The van der Waals surface area contributed by atoms with E-state index in [1.165, 1.54) is 67.6 Å². The molecule has 0 saturated carbocycles. The van der Waals surface area contributed by atoms with E-state index < -0.39 is 0 Å². The zero-order valence-electron chi connectivity index (χ0n) is 75.2. The molecule has 26 aromatic rings. The van der Waals surface area contributed by atoms with Gasteiger partial charge in [-0.2, -0.15) is 19.9 Å². The van der Waals surface area contributed by atoms with Gasteiger partial charge in [-0.15, -0.1) is 22.7 Å². The number of rotatable bonds is 10. The van der Waals surface area contributed by atoms with Gasteiger partial charge in [0.25, 0.3) is 0 Å². The summed E-state index contributed by atoms with van der Waals surface area (Å²) in [5.74, 6) is 3.61. The van der Waals surface area contributed by atoms with E-state index in [1.54, 1.807) is 0 Å². The van der Waals surface area contributed by atoms with Crippen LogP contribution in [0.2, 0.25) is 0 Å². The molecule has 0 bridgehead atoms. The van der Waals surface area contributed by atoms with Crippen molar-refractivity contribution in [3.05, 3.63) is 480 Å². The summed E-state index contributed by atoms with van der Waals surface area (Å²) in [5.41, 5.74) is 21.1. The molecule has 0 saturated heterocycles. The predicted molar refractivity (Wildman–Crippen MR) is 585 cm³/mol. The van der Waals surface area contributed by atoms with E-state index in [4.69, 9.17) is 29.9 Å². The number of aromatic nitrogens is 7. The lowest BCUT2D eigenvalue weighted by molar-refractivity contribution is 1.02.